The first-order valence-corrected chi connectivity index (χ1v) is 5.97. The van der Waals surface area contributed by atoms with Crippen molar-refractivity contribution in [2.75, 3.05) is 13.1 Å². The third-order valence-electron chi connectivity index (χ3n) is 2.73. The molecule has 0 aromatic carbocycles. The summed E-state index contributed by atoms with van der Waals surface area (Å²) in [5.74, 6) is -0.577. The summed E-state index contributed by atoms with van der Waals surface area (Å²) in [5.41, 5.74) is -0.477. The third kappa shape index (κ3) is 5.93. The van der Waals surface area contributed by atoms with Crippen LogP contribution in [0.25, 0.3) is 0 Å². The molecule has 0 aliphatic carbocycles. The van der Waals surface area contributed by atoms with E-state index in [0.29, 0.717) is 13.1 Å². The molecule has 1 fully saturated rings. The number of rotatable bonds is 2. The average Bonchev–Trinajstić information content (AvgIpc) is 2.15. The highest BCUT2D eigenvalue weighted by atomic mass is 16.6. The van der Waals surface area contributed by atoms with Crippen molar-refractivity contribution in [3.63, 3.8) is 0 Å². The van der Waals surface area contributed by atoms with Crippen molar-refractivity contribution >= 4 is 20.5 Å². The minimum Gasteiger partial charge on any atom is -0.481 e. The van der Waals surface area contributed by atoms with Crippen LogP contribution in [0.2, 0.25) is 0 Å². The van der Waals surface area contributed by atoms with Gasteiger partial charge in [-0.15, -0.1) is 0 Å². The number of carbonyl (C=O) groups is 2. The van der Waals surface area contributed by atoms with E-state index in [9.17, 15) is 9.59 Å². The summed E-state index contributed by atoms with van der Waals surface area (Å²) in [6.07, 6.45) is 1.38. The maximum absolute atomic E-state index is 11.7. The minimum atomic E-state index is -0.763. The minimum absolute atomic E-state index is 0. The summed E-state index contributed by atoms with van der Waals surface area (Å²) in [4.78, 5) is 24.0. The lowest BCUT2D eigenvalue weighted by atomic mass is 9.94. The van der Waals surface area contributed by atoms with E-state index in [1.165, 1.54) is 0 Å². The van der Waals surface area contributed by atoms with Gasteiger partial charge in [-0.25, -0.2) is 4.79 Å². The molecule has 102 valence electrons. The average molecular weight is 255 g/mol. The molecule has 0 bridgehead atoms. The number of carbonyl (C=O) groups excluding carboxylic acids is 1. The van der Waals surface area contributed by atoms with Crippen LogP contribution < -0.4 is 0 Å². The number of ether oxygens (including phenoxy) is 1. The highest BCUT2D eigenvalue weighted by Crippen LogP contribution is 2.22. The van der Waals surface area contributed by atoms with E-state index in [2.05, 4.69) is 0 Å². The van der Waals surface area contributed by atoms with E-state index in [4.69, 9.17) is 9.84 Å². The van der Waals surface area contributed by atoms with Crippen molar-refractivity contribution in [1.82, 2.24) is 4.90 Å². The van der Waals surface area contributed by atoms with Crippen LogP contribution in [0.4, 0.5) is 4.79 Å². The highest BCUT2D eigenvalue weighted by Gasteiger charge is 2.27. The molecule has 0 aromatic heterocycles. The van der Waals surface area contributed by atoms with Gasteiger partial charge < -0.3 is 14.7 Å². The topological polar surface area (TPSA) is 66.8 Å². The van der Waals surface area contributed by atoms with Gasteiger partial charge in [-0.2, -0.15) is 0 Å². The zero-order valence-corrected chi connectivity index (χ0v) is 11.4. The van der Waals surface area contributed by atoms with Crippen LogP contribution in [-0.2, 0) is 9.53 Å². The zero-order valence-electron chi connectivity index (χ0n) is 11.4. The van der Waals surface area contributed by atoms with Crippen molar-refractivity contribution in [1.29, 1.82) is 0 Å². The molecule has 1 amide bonds. The van der Waals surface area contributed by atoms with E-state index < -0.39 is 11.6 Å². The summed E-state index contributed by atoms with van der Waals surface area (Å²) in [5, 5.41) is 8.69. The Kier molecular flexibility index (Phi) is 6.22. The fraction of sp³-hybridized carbons (Fsp3) is 0.833. The van der Waals surface area contributed by atoms with E-state index in [-0.39, 0.29) is 26.8 Å². The van der Waals surface area contributed by atoms with Gasteiger partial charge in [0.1, 0.15) is 5.60 Å². The molecule has 0 aromatic rings. The maximum atomic E-state index is 11.7. The summed E-state index contributed by atoms with van der Waals surface area (Å²) < 4.78 is 5.26. The third-order valence-corrected chi connectivity index (χ3v) is 2.73. The first-order chi connectivity index (χ1) is 7.78. The Morgan fingerprint density at radius 2 is 1.78 bits per heavy atom. The van der Waals surface area contributed by atoms with Gasteiger partial charge in [0, 0.05) is 27.9 Å². The van der Waals surface area contributed by atoms with Crippen LogP contribution in [0.5, 0.6) is 0 Å². The van der Waals surface area contributed by atoms with Gasteiger partial charge in [-0.3, -0.25) is 4.79 Å². The monoisotopic (exact) mass is 255 g/mol. The predicted molar refractivity (Wildman–Crippen MR) is 69.9 cm³/mol. The largest absolute Gasteiger partial charge is 0.481 e. The molecule has 2 radical (unpaired) electrons. The SMILES string of the molecule is CC(C)(C)OC(=O)N1CCC(CC(=O)O)CC1.[BH]. The number of hydrogen-bond donors (Lipinski definition) is 1. The number of carboxylic acid groups (broad SMARTS) is 1. The Morgan fingerprint density at radius 3 is 2.17 bits per heavy atom. The highest BCUT2D eigenvalue weighted by molar-refractivity contribution is 5.75. The number of amides is 1. The quantitative estimate of drug-likeness (QED) is 0.758. The van der Waals surface area contributed by atoms with Gasteiger partial charge in [0.05, 0.1) is 0 Å². The molecule has 0 saturated carbocycles. The molecular weight excluding hydrogens is 233 g/mol. The molecule has 18 heavy (non-hydrogen) atoms. The van der Waals surface area contributed by atoms with Crippen molar-refractivity contribution in [3.8, 4) is 0 Å². The number of nitrogens with zero attached hydrogens (tertiary/aromatic N) is 1. The van der Waals surface area contributed by atoms with Gasteiger partial charge in [-0.1, -0.05) is 0 Å². The fourth-order valence-electron chi connectivity index (χ4n) is 1.89. The maximum Gasteiger partial charge on any atom is 0.410 e. The molecular formula is C12H22BNO4. The van der Waals surface area contributed by atoms with Gasteiger partial charge in [0.25, 0.3) is 0 Å². The standard InChI is InChI=1S/C12H21NO4.BH/c1-12(2,3)17-11(16)13-6-4-9(5-7-13)8-10(14)15;/h9H,4-8H2,1-3H3,(H,14,15);1H. The molecule has 6 heteroatoms. The fourth-order valence-corrected chi connectivity index (χ4v) is 1.89. The normalized spacial score (nSPS) is 16.9. The number of piperidine rings is 1. The van der Waals surface area contributed by atoms with Crippen molar-refractivity contribution in [2.45, 2.75) is 45.6 Å². The van der Waals surface area contributed by atoms with Crippen LogP contribution in [0.15, 0.2) is 0 Å². The van der Waals surface area contributed by atoms with Crippen LogP contribution in [-0.4, -0.2) is 49.2 Å². The summed E-state index contributed by atoms with van der Waals surface area (Å²) in [7, 11) is 0. The lowest BCUT2D eigenvalue weighted by Gasteiger charge is -2.32. The summed E-state index contributed by atoms with van der Waals surface area (Å²) in [6, 6.07) is 0. The van der Waals surface area contributed by atoms with E-state index >= 15 is 0 Å². The van der Waals surface area contributed by atoms with E-state index in [0.717, 1.165) is 12.8 Å². The number of carboxylic acids is 1. The second kappa shape index (κ2) is 6.66. The number of likely N-dealkylation sites (tertiary alicyclic amines) is 1. The molecule has 1 heterocycles. The molecule has 0 spiro atoms. The van der Waals surface area contributed by atoms with Crippen LogP contribution >= 0.6 is 0 Å². The Hall–Kier alpha value is -1.20. The smallest absolute Gasteiger partial charge is 0.410 e. The lowest BCUT2D eigenvalue weighted by Crippen LogP contribution is -2.42. The molecule has 1 aliphatic rings. The van der Waals surface area contributed by atoms with E-state index in [1.807, 2.05) is 20.8 Å². The lowest BCUT2D eigenvalue weighted by molar-refractivity contribution is -0.138. The van der Waals surface area contributed by atoms with Crippen molar-refractivity contribution in [3.05, 3.63) is 0 Å². The Balaban J connectivity index is 0.00000289. The first kappa shape index (κ1) is 16.8. The molecule has 1 saturated heterocycles. The van der Waals surface area contributed by atoms with Gasteiger partial charge in [0.15, 0.2) is 0 Å². The molecule has 0 unspecified atom stereocenters. The zero-order chi connectivity index (χ0) is 13.1. The summed E-state index contributed by atoms with van der Waals surface area (Å²) >= 11 is 0. The Labute approximate surface area is 110 Å². The number of hydrogen-bond acceptors (Lipinski definition) is 3. The van der Waals surface area contributed by atoms with Crippen molar-refractivity contribution < 1.29 is 19.4 Å². The van der Waals surface area contributed by atoms with Crippen LogP contribution in [0, 0.1) is 5.92 Å². The Bertz CT molecular complexity index is 293. The summed E-state index contributed by atoms with van der Waals surface area (Å²) in [6.45, 7) is 6.69. The van der Waals surface area contributed by atoms with Crippen molar-refractivity contribution in [2.24, 2.45) is 5.92 Å². The molecule has 1 N–H and O–H groups in total. The molecule has 0 atom stereocenters. The van der Waals surface area contributed by atoms with Crippen LogP contribution in [0.1, 0.15) is 40.0 Å². The van der Waals surface area contributed by atoms with Gasteiger partial charge >= 0.3 is 12.1 Å². The second-order valence-electron chi connectivity index (χ2n) is 5.51. The predicted octanol–water partition coefficient (Wildman–Crippen LogP) is 1.46. The molecule has 5 nitrogen and oxygen atoms in total. The first-order valence-electron chi connectivity index (χ1n) is 5.97. The molecule has 1 rings (SSSR count). The number of aliphatic carboxylic acids is 1. The van der Waals surface area contributed by atoms with E-state index in [1.54, 1.807) is 4.90 Å². The van der Waals surface area contributed by atoms with Crippen LogP contribution in [0.3, 0.4) is 0 Å². The molecule has 1 aliphatic heterocycles. The van der Waals surface area contributed by atoms with Gasteiger partial charge in [-0.05, 0) is 39.5 Å². The second-order valence-corrected chi connectivity index (χ2v) is 5.51. The van der Waals surface area contributed by atoms with Gasteiger partial charge in [0.2, 0.25) is 0 Å². The Morgan fingerprint density at radius 1 is 1.28 bits per heavy atom.